The number of nitrogens with zero attached hydrogens (tertiary/aromatic N) is 1. The molecule has 1 heterocycles. The van der Waals surface area contributed by atoms with E-state index in [9.17, 15) is 4.79 Å². The minimum Gasteiger partial charge on any atom is -0.340 e. The molecular formula is C17H15N3OS2. The summed E-state index contributed by atoms with van der Waals surface area (Å²) in [5.41, 5.74) is 0.825. The number of carbonyl (C=O) groups is 1. The van der Waals surface area contributed by atoms with Gasteiger partial charge in [-0.2, -0.15) is 0 Å². The SMILES string of the molecule is O=C(CSc1ncc[nH]1)Nc1ccccc1Sc1ccccc1. The Kier molecular flexibility index (Phi) is 5.39. The summed E-state index contributed by atoms with van der Waals surface area (Å²) >= 11 is 3.01. The molecule has 2 aromatic carbocycles. The molecule has 0 saturated heterocycles. The number of benzene rings is 2. The van der Waals surface area contributed by atoms with Crippen LogP contribution in [-0.2, 0) is 4.79 Å². The maximum Gasteiger partial charge on any atom is 0.234 e. The smallest absolute Gasteiger partial charge is 0.234 e. The predicted octanol–water partition coefficient (Wildman–Crippen LogP) is 4.29. The summed E-state index contributed by atoms with van der Waals surface area (Å²) in [5, 5.41) is 3.71. The lowest BCUT2D eigenvalue weighted by Gasteiger charge is -2.10. The molecule has 2 N–H and O–H groups in total. The third-order valence-electron chi connectivity index (χ3n) is 2.95. The van der Waals surface area contributed by atoms with Crippen LogP contribution >= 0.6 is 23.5 Å². The molecule has 0 unspecified atom stereocenters. The van der Waals surface area contributed by atoms with E-state index in [0.29, 0.717) is 5.75 Å². The van der Waals surface area contributed by atoms with Gasteiger partial charge >= 0.3 is 0 Å². The van der Waals surface area contributed by atoms with E-state index in [0.717, 1.165) is 20.6 Å². The highest BCUT2D eigenvalue weighted by molar-refractivity contribution is 8.00. The summed E-state index contributed by atoms with van der Waals surface area (Å²) in [7, 11) is 0. The average molecular weight is 341 g/mol. The quantitative estimate of drug-likeness (QED) is 0.657. The van der Waals surface area contributed by atoms with E-state index in [1.807, 2.05) is 42.5 Å². The van der Waals surface area contributed by atoms with Crippen molar-refractivity contribution in [2.75, 3.05) is 11.1 Å². The minimum atomic E-state index is -0.0486. The number of aromatic amines is 1. The van der Waals surface area contributed by atoms with Crippen molar-refractivity contribution in [2.45, 2.75) is 14.9 Å². The van der Waals surface area contributed by atoms with E-state index in [2.05, 4.69) is 27.4 Å². The Morgan fingerprint density at radius 3 is 2.65 bits per heavy atom. The van der Waals surface area contributed by atoms with Crippen LogP contribution in [0.3, 0.4) is 0 Å². The molecule has 0 aliphatic rings. The zero-order valence-electron chi connectivity index (χ0n) is 12.2. The molecule has 4 nitrogen and oxygen atoms in total. The molecule has 3 aromatic rings. The summed E-state index contributed by atoms with van der Waals surface area (Å²) in [6.07, 6.45) is 3.41. The standard InChI is InChI=1S/C17H15N3OS2/c21-16(12-22-17-18-10-11-19-17)20-14-8-4-5-9-15(14)23-13-6-2-1-3-7-13/h1-11H,12H2,(H,18,19)(H,20,21). The Morgan fingerprint density at radius 2 is 1.87 bits per heavy atom. The number of nitrogens with one attached hydrogen (secondary N) is 2. The molecule has 23 heavy (non-hydrogen) atoms. The number of amides is 1. The Labute approximate surface area is 143 Å². The lowest BCUT2D eigenvalue weighted by atomic mass is 10.3. The lowest BCUT2D eigenvalue weighted by molar-refractivity contribution is -0.113. The van der Waals surface area contributed by atoms with E-state index in [4.69, 9.17) is 0 Å². The van der Waals surface area contributed by atoms with Crippen molar-refractivity contribution in [1.29, 1.82) is 0 Å². The van der Waals surface area contributed by atoms with Crippen molar-refractivity contribution >= 4 is 35.1 Å². The number of para-hydroxylation sites is 1. The molecule has 0 aliphatic carbocycles. The highest BCUT2D eigenvalue weighted by Crippen LogP contribution is 2.33. The van der Waals surface area contributed by atoms with Crippen LogP contribution < -0.4 is 5.32 Å². The predicted molar refractivity (Wildman–Crippen MR) is 94.9 cm³/mol. The molecule has 0 bridgehead atoms. The topological polar surface area (TPSA) is 57.8 Å². The zero-order chi connectivity index (χ0) is 15.9. The largest absolute Gasteiger partial charge is 0.340 e. The van der Waals surface area contributed by atoms with Crippen LogP contribution in [0.15, 0.2) is 81.9 Å². The molecule has 0 spiro atoms. The third kappa shape index (κ3) is 4.64. The van der Waals surface area contributed by atoms with Gasteiger partial charge in [-0.25, -0.2) is 4.98 Å². The molecule has 0 radical (unpaired) electrons. The Balaban J connectivity index is 1.64. The van der Waals surface area contributed by atoms with Crippen LogP contribution in [0.1, 0.15) is 0 Å². The first kappa shape index (κ1) is 15.7. The maximum atomic E-state index is 12.1. The second-order valence-corrected chi connectivity index (χ2v) is 6.72. The van der Waals surface area contributed by atoms with Crippen molar-refractivity contribution in [3.05, 3.63) is 67.0 Å². The van der Waals surface area contributed by atoms with Gasteiger partial charge in [-0.05, 0) is 24.3 Å². The molecule has 3 rings (SSSR count). The van der Waals surface area contributed by atoms with Gasteiger partial charge in [-0.3, -0.25) is 4.79 Å². The second-order valence-electron chi connectivity index (χ2n) is 4.64. The number of hydrogen-bond donors (Lipinski definition) is 2. The first-order chi connectivity index (χ1) is 11.3. The normalized spacial score (nSPS) is 10.4. The fraction of sp³-hybridized carbons (Fsp3) is 0.0588. The molecule has 1 aromatic heterocycles. The van der Waals surface area contributed by atoms with Crippen LogP contribution in [0.25, 0.3) is 0 Å². The van der Waals surface area contributed by atoms with E-state index in [1.54, 1.807) is 24.2 Å². The Morgan fingerprint density at radius 1 is 1.09 bits per heavy atom. The first-order valence-corrected chi connectivity index (χ1v) is 8.85. The van der Waals surface area contributed by atoms with Crippen molar-refractivity contribution in [1.82, 2.24) is 9.97 Å². The Bertz CT molecular complexity index is 761. The summed E-state index contributed by atoms with van der Waals surface area (Å²) in [5.74, 6) is 0.269. The molecular weight excluding hydrogens is 326 g/mol. The number of carbonyl (C=O) groups excluding carboxylic acids is 1. The lowest BCUT2D eigenvalue weighted by Crippen LogP contribution is -2.14. The van der Waals surface area contributed by atoms with Gasteiger partial charge in [0.25, 0.3) is 0 Å². The van der Waals surface area contributed by atoms with Gasteiger partial charge in [0.1, 0.15) is 0 Å². The number of thioether (sulfide) groups is 1. The number of aromatic nitrogens is 2. The summed E-state index contributed by atoms with van der Waals surface area (Å²) in [6, 6.07) is 17.9. The van der Waals surface area contributed by atoms with Crippen LogP contribution in [0.5, 0.6) is 0 Å². The number of rotatable bonds is 6. The molecule has 0 atom stereocenters. The number of anilines is 1. The molecule has 0 saturated carbocycles. The molecule has 116 valence electrons. The van der Waals surface area contributed by atoms with Crippen molar-refractivity contribution in [3.63, 3.8) is 0 Å². The number of imidazole rings is 1. The van der Waals surface area contributed by atoms with E-state index < -0.39 is 0 Å². The highest BCUT2D eigenvalue weighted by atomic mass is 32.2. The summed E-state index contributed by atoms with van der Waals surface area (Å²) in [6.45, 7) is 0. The first-order valence-electron chi connectivity index (χ1n) is 7.05. The van der Waals surface area contributed by atoms with Crippen molar-refractivity contribution < 1.29 is 4.79 Å². The van der Waals surface area contributed by atoms with Crippen LogP contribution in [0.4, 0.5) is 5.69 Å². The fourth-order valence-electron chi connectivity index (χ4n) is 1.92. The van der Waals surface area contributed by atoms with Gasteiger partial charge in [-0.15, -0.1) is 0 Å². The zero-order valence-corrected chi connectivity index (χ0v) is 13.9. The van der Waals surface area contributed by atoms with Gasteiger partial charge in [0, 0.05) is 22.2 Å². The van der Waals surface area contributed by atoms with Crippen molar-refractivity contribution in [3.8, 4) is 0 Å². The van der Waals surface area contributed by atoms with E-state index in [-0.39, 0.29) is 5.91 Å². The van der Waals surface area contributed by atoms with E-state index in [1.165, 1.54) is 11.8 Å². The summed E-state index contributed by atoms with van der Waals surface area (Å²) < 4.78 is 0. The minimum absolute atomic E-state index is 0.0486. The van der Waals surface area contributed by atoms with Gasteiger partial charge in [0.2, 0.25) is 5.91 Å². The third-order valence-corrected chi connectivity index (χ3v) is 4.93. The monoisotopic (exact) mass is 341 g/mol. The highest BCUT2D eigenvalue weighted by Gasteiger charge is 2.09. The fourth-order valence-corrected chi connectivity index (χ4v) is 3.47. The number of hydrogen-bond acceptors (Lipinski definition) is 4. The van der Waals surface area contributed by atoms with Crippen LogP contribution in [0.2, 0.25) is 0 Å². The molecule has 0 aliphatic heterocycles. The molecule has 6 heteroatoms. The molecule has 1 amide bonds. The number of H-pyrrole nitrogens is 1. The second kappa shape index (κ2) is 7.89. The van der Waals surface area contributed by atoms with Gasteiger partial charge in [0.15, 0.2) is 5.16 Å². The molecule has 0 fully saturated rings. The van der Waals surface area contributed by atoms with Gasteiger partial charge < -0.3 is 10.3 Å². The van der Waals surface area contributed by atoms with E-state index >= 15 is 0 Å². The summed E-state index contributed by atoms with van der Waals surface area (Å²) in [4.78, 5) is 21.4. The van der Waals surface area contributed by atoms with Crippen molar-refractivity contribution in [2.24, 2.45) is 0 Å². The van der Waals surface area contributed by atoms with Gasteiger partial charge in [0.05, 0.1) is 11.4 Å². The van der Waals surface area contributed by atoms with Crippen LogP contribution in [0, 0.1) is 0 Å². The van der Waals surface area contributed by atoms with Crippen LogP contribution in [-0.4, -0.2) is 21.6 Å². The average Bonchev–Trinajstić information content (AvgIpc) is 3.09. The maximum absolute atomic E-state index is 12.1. The van der Waals surface area contributed by atoms with Gasteiger partial charge in [-0.1, -0.05) is 53.9 Å². The Hall–Kier alpha value is -2.18.